The Balaban J connectivity index is 1.38. The molecule has 28 heavy (non-hydrogen) atoms. The number of morpholine rings is 1. The normalized spacial score (nSPS) is 17.8. The minimum Gasteiger partial charge on any atom is -0.369 e. The van der Waals surface area contributed by atoms with Crippen molar-refractivity contribution in [3.05, 3.63) is 78.6 Å². The molecule has 5 heterocycles. The van der Waals surface area contributed by atoms with Gasteiger partial charge in [0.1, 0.15) is 11.8 Å². The minimum absolute atomic E-state index is 0.0882. The predicted octanol–water partition coefficient (Wildman–Crippen LogP) is 2.76. The summed E-state index contributed by atoms with van der Waals surface area (Å²) in [5.41, 5.74) is 5.25. The number of fused-ring (bicyclic) bond motifs is 1. The number of aromatic nitrogens is 5. The number of hydrogen-bond acceptors (Lipinski definition) is 6. The van der Waals surface area contributed by atoms with Gasteiger partial charge in [-0.2, -0.15) is 0 Å². The molecular formula is C21H20N6O. The van der Waals surface area contributed by atoms with Gasteiger partial charge in [0.2, 0.25) is 0 Å². The van der Waals surface area contributed by atoms with Crippen LogP contribution in [-0.4, -0.2) is 49.4 Å². The summed E-state index contributed by atoms with van der Waals surface area (Å²) in [5.74, 6) is 0. The van der Waals surface area contributed by atoms with Gasteiger partial charge in [0.15, 0.2) is 0 Å². The molecule has 7 heteroatoms. The molecule has 0 amide bonds. The van der Waals surface area contributed by atoms with Crippen molar-refractivity contribution in [1.82, 2.24) is 29.7 Å². The molecule has 0 radical (unpaired) electrons. The molecule has 5 rings (SSSR count). The van der Waals surface area contributed by atoms with Crippen LogP contribution in [-0.2, 0) is 11.3 Å². The van der Waals surface area contributed by atoms with Crippen molar-refractivity contribution in [3.8, 4) is 11.1 Å². The quantitative estimate of drug-likeness (QED) is 0.549. The lowest BCUT2D eigenvalue weighted by atomic mass is 10.1. The Morgan fingerprint density at radius 3 is 2.79 bits per heavy atom. The lowest BCUT2D eigenvalue weighted by Gasteiger charge is -2.32. The van der Waals surface area contributed by atoms with Gasteiger partial charge in [0, 0.05) is 56.2 Å². The Labute approximate surface area is 162 Å². The fraction of sp³-hybridized carbons (Fsp3) is 0.238. The second kappa shape index (κ2) is 7.46. The smallest absolute Gasteiger partial charge is 0.121 e. The Hall–Kier alpha value is -3.16. The Kier molecular flexibility index (Phi) is 4.52. The summed E-state index contributed by atoms with van der Waals surface area (Å²) in [6.45, 7) is 3.23. The van der Waals surface area contributed by atoms with Crippen molar-refractivity contribution in [2.75, 3.05) is 19.7 Å². The predicted molar refractivity (Wildman–Crippen MR) is 104 cm³/mol. The third-order valence-electron chi connectivity index (χ3n) is 5.04. The number of hydrogen-bond donors (Lipinski definition) is 0. The fourth-order valence-electron chi connectivity index (χ4n) is 3.62. The zero-order valence-corrected chi connectivity index (χ0v) is 15.3. The molecule has 0 bridgehead atoms. The molecule has 4 aromatic heterocycles. The van der Waals surface area contributed by atoms with Gasteiger partial charge in [-0.25, -0.2) is 4.52 Å². The highest BCUT2D eigenvalue weighted by Crippen LogP contribution is 2.27. The highest BCUT2D eigenvalue weighted by molar-refractivity contribution is 5.65. The van der Waals surface area contributed by atoms with E-state index in [0.717, 1.165) is 42.0 Å². The lowest BCUT2D eigenvalue weighted by Crippen LogP contribution is -2.38. The van der Waals surface area contributed by atoms with E-state index in [4.69, 9.17) is 4.74 Å². The summed E-state index contributed by atoms with van der Waals surface area (Å²) < 4.78 is 7.86. The van der Waals surface area contributed by atoms with E-state index >= 15 is 0 Å². The maximum absolute atomic E-state index is 6.03. The van der Waals surface area contributed by atoms with Crippen molar-refractivity contribution in [2.45, 2.75) is 12.6 Å². The molecule has 1 aliphatic heterocycles. The van der Waals surface area contributed by atoms with Gasteiger partial charge >= 0.3 is 0 Å². The summed E-state index contributed by atoms with van der Waals surface area (Å²) in [6.07, 6.45) is 9.21. The van der Waals surface area contributed by atoms with Crippen LogP contribution in [0.4, 0.5) is 0 Å². The van der Waals surface area contributed by atoms with E-state index in [1.54, 1.807) is 18.6 Å². The minimum atomic E-state index is -0.0882. The van der Waals surface area contributed by atoms with Crippen molar-refractivity contribution < 1.29 is 4.74 Å². The maximum Gasteiger partial charge on any atom is 0.121 e. The summed E-state index contributed by atoms with van der Waals surface area (Å²) in [6, 6.07) is 12.2. The highest BCUT2D eigenvalue weighted by Gasteiger charge is 2.26. The van der Waals surface area contributed by atoms with E-state index in [1.807, 2.05) is 35.1 Å². The molecule has 140 valence electrons. The van der Waals surface area contributed by atoms with E-state index in [2.05, 4.69) is 43.4 Å². The average molecular weight is 372 g/mol. The van der Waals surface area contributed by atoms with Crippen LogP contribution in [0.2, 0.25) is 0 Å². The third-order valence-corrected chi connectivity index (χ3v) is 5.04. The Bertz CT molecular complexity index is 1070. The summed E-state index contributed by atoms with van der Waals surface area (Å²) in [5, 5.41) is 8.76. The van der Waals surface area contributed by atoms with Crippen LogP contribution in [0.15, 0.2) is 67.4 Å². The standard InChI is InChI=1S/C21H20N6O/c1-2-16(12-23-7-1)13-26-10-11-28-20(15-26)21-19-4-3-18(14-27(19)25-24-21)17-5-8-22-9-6-17/h1-9,12,14,20H,10-11,13,15H2. The van der Waals surface area contributed by atoms with Crippen LogP contribution >= 0.6 is 0 Å². The number of nitrogens with zero attached hydrogens (tertiary/aromatic N) is 6. The third kappa shape index (κ3) is 3.37. The zero-order chi connectivity index (χ0) is 18.8. The number of rotatable bonds is 4. The van der Waals surface area contributed by atoms with Crippen LogP contribution in [0.3, 0.4) is 0 Å². The first-order chi connectivity index (χ1) is 13.9. The van der Waals surface area contributed by atoms with Gasteiger partial charge in [0.25, 0.3) is 0 Å². The van der Waals surface area contributed by atoms with Crippen molar-refractivity contribution >= 4 is 5.52 Å². The molecule has 0 aromatic carbocycles. The van der Waals surface area contributed by atoms with Crippen molar-refractivity contribution in [2.24, 2.45) is 0 Å². The van der Waals surface area contributed by atoms with Crippen LogP contribution < -0.4 is 0 Å². The van der Waals surface area contributed by atoms with Crippen LogP contribution in [0.5, 0.6) is 0 Å². The van der Waals surface area contributed by atoms with Gasteiger partial charge in [-0.15, -0.1) is 5.10 Å². The fourth-order valence-corrected chi connectivity index (χ4v) is 3.62. The second-order valence-electron chi connectivity index (χ2n) is 6.91. The molecule has 0 saturated carbocycles. The molecule has 7 nitrogen and oxygen atoms in total. The summed E-state index contributed by atoms with van der Waals surface area (Å²) in [4.78, 5) is 10.7. The van der Waals surface area contributed by atoms with Crippen LogP contribution in [0, 0.1) is 0 Å². The van der Waals surface area contributed by atoms with Crippen LogP contribution in [0.25, 0.3) is 16.6 Å². The van der Waals surface area contributed by atoms with Gasteiger partial charge in [-0.3, -0.25) is 14.9 Å². The molecule has 0 N–H and O–H groups in total. The highest BCUT2D eigenvalue weighted by atomic mass is 16.5. The maximum atomic E-state index is 6.03. The molecule has 4 aromatic rings. The largest absolute Gasteiger partial charge is 0.369 e. The van der Waals surface area contributed by atoms with Gasteiger partial charge in [-0.05, 0) is 35.4 Å². The molecule has 1 atom stereocenters. The molecule has 1 unspecified atom stereocenters. The van der Waals surface area contributed by atoms with E-state index in [9.17, 15) is 0 Å². The number of ether oxygens (including phenoxy) is 1. The lowest BCUT2D eigenvalue weighted by molar-refractivity contribution is -0.0343. The summed E-state index contributed by atoms with van der Waals surface area (Å²) in [7, 11) is 0. The molecule has 0 spiro atoms. The Morgan fingerprint density at radius 1 is 1.00 bits per heavy atom. The average Bonchev–Trinajstić information content (AvgIpc) is 3.19. The van der Waals surface area contributed by atoms with Crippen molar-refractivity contribution in [3.63, 3.8) is 0 Å². The molecule has 1 fully saturated rings. The van der Waals surface area contributed by atoms with Gasteiger partial charge < -0.3 is 4.74 Å². The SMILES string of the molecule is c1cncc(CN2CCOC(c3nnn4cc(-c5ccncc5)ccc34)C2)c1. The van der Waals surface area contributed by atoms with Crippen molar-refractivity contribution in [1.29, 1.82) is 0 Å². The van der Waals surface area contributed by atoms with E-state index in [1.165, 1.54) is 5.56 Å². The molecular weight excluding hydrogens is 352 g/mol. The Morgan fingerprint density at radius 2 is 1.93 bits per heavy atom. The zero-order valence-electron chi connectivity index (χ0n) is 15.3. The second-order valence-corrected chi connectivity index (χ2v) is 6.91. The first-order valence-electron chi connectivity index (χ1n) is 9.35. The topological polar surface area (TPSA) is 68.4 Å². The van der Waals surface area contributed by atoms with E-state index in [-0.39, 0.29) is 6.10 Å². The first kappa shape index (κ1) is 17.0. The molecule has 0 aliphatic carbocycles. The van der Waals surface area contributed by atoms with Gasteiger partial charge in [-0.1, -0.05) is 17.3 Å². The molecule has 1 saturated heterocycles. The molecule has 1 aliphatic rings. The van der Waals surface area contributed by atoms with E-state index in [0.29, 0.717) is 6.61 Å². The van der Waals surface area contributed by atoms with E-state index < -0.39 is 0 Å². The monoisotopic (exact) mass is 372 g/mol. The summed E-state index contributed by atoms with van der Waals surface area (Å²) >= 11 is 0. The van der Waals surface area contributed by atoms with Crippen LogP contribution in [0.1, 0.15) is 17.4 Å². The first-order valence-corrected chi connectivity index (χ1v) is 9.35. The number of pyridine rings is 3. The van der Waals surface area contributed by atoms with Gasteiger partial charge in [0.05, 0.1) is 12.1 Å².